The Morgan fingerprint density at radius 1 is 1.43 bits per heavy atom. The molecule has 0 aromatic carbocycles. The number of carbonyl (C=O) groups is 2. The highest BCUT2D eigenvalue weighted by Gasteiger charge is 2.25. The number of hydrogen-bond donors (Lipinski definition) is 3. The molecule has 0 spiro atoms. The number of carboxylic acids is 1. The number of nitrogens with zero attached hydrogens (tertiary/aromatic N) is 1. The van der Waals surface area contributed by atoms with Gasteiger partial charge >= 0.3 is 5.97 Å². The van der Waals surface area contributed by atoms with Gasteiger partial charge in [0.1, 0.15) is 5.01 Å². The summed E-state index contributed by atoms with van der Waals surface area (Å²) in [4.78, 5) is 27.1. The van der Waals surface area contributed by atoms with Crippen LogP contribution in [-0.2, 0) is 16.0 Å². The highest BCUT2D eigenvalue weighted by Crippen LogP contribution is 2.25. The van der Waals surface area contributed by atoms with Gasteiger partial charge in [-0.15, -0.1) is 11.3 Å². The van der Waals surface area contributed by atoms with Crippen LogP contribution in [0.1, 0.15) is 12.6 Å². The number of nitrogens with one attached hydrogen (secondary N) is 1. The Hall–Kier alpha value is -1.77. The van der Waals surface area contributed by atoms with Crippen LogP contribution in [0.15, 0.2) is 22.2 Å². The van der Waals surface area contributed by atoms with Crippen molar-refractivity contribution >= 4 is 34.6 Å². The molecule has 6 nitrogen and oxygen atoms in total. The molecule has 0 fully saturated rings. The first kappa shape index (κ1) is 15.6. The number of amides is 1. The van der Waals surface area contributed by atoms with Crippen LogP contribution in [0.5, 0.6) is 0 Å². The highest BCUT2D eigenvalue weighted by atomic mass is 32.1. The summed E-state index contributed by atoms with van der Waals surface area (Å²) in [5.74, 6) is -1.75. The summed E-state index contributed by atoms with van der Waals surface area (Å²) in [6.45, 7) is 1.32. The Morgan fingerprint density at radius 2 is 2.19 bits per heavy atom. The predicted octanol–water partition coefficient (Wildman–Crippen LogP) is 1.36. The monoisotopic (exact) mass is 326 g/mol. The maximum atomic E-state index is 11.8. The van der Waals surface area contributed by atoms with Crippen LogP contribution in [0.2, 0.25) is 0 Å². The van der Waals surface area contributed by atoms with Crippen LogP contribution in [0.3, 0.4) is 0 Å². The number of thiazole rings is 1. The smallest absolute Gasteiger partial charge is 0.328 e. The van der Waals surface area contributed by atoms with Gasteiger partial charge < -0.3 is 15.5 Å². The van der Waals surface area contributed by atoms with Crippen LogP contribution in [0, 0.1) is 0 Å². The molecule has 0 radical (unpaired) electrons. The van der Waals surface area contributed by atoms with Gasteiger partial charge in [-0.1, -0.05) is 0 Å². The number of aliphatic carboxylic acids is 1. The molecule has 0 aliphatic carbocycles. The van der Waals surface area contributed by atoms with E-state index in [2.05, 4.69) is 10.3 Å². The van der Waals surface area contributed by atoms with Gasteiger partial charge in [-0.25, -0.2) is 9.78 Å². The highest BCUT2D eigenvalue weighted by molar-refractivity contribution is 7.14. The number of thiophene rings is 1. The van der Waals surface area contributed by atoms with Crippen molar-refractivity contribution in [3.05, 3.63) is 27.9 Å². The summed E-state index contributed by atoms with van der Waals surface area (Å²) in [6, 6.07) is 0.633. The minimum Gasteiger partial charge on any atom is -0.480 e. The van der Waals surface area contributed by atoms with Gasteiger partial charge in [0, 0.05) is 16.3 Å². The third kappa shape index (κ3) is 4.10. The molecule has 1 amide bonds. The predicted molar refractivity (Wildman–Crippen MR) is 80.4 cm³/mol. The third-order valence-electron chi connectivity index (χ3n) is 2.73. The fraction of sp³-hybridized carbons (Fsp3) is 0.308. The maximum Gasteiger partial charge on any atom is 0.328 e. The van der Waals surface area contributed by atoms with Crippen molar-refractivity contribution in [1.82, 2.24) is 10.3 Å². The zero-order valence-corrected chi connectivity index (χ0v) is 12.8. The minimum atomic E-state index is -1.31. The molecular formula is C13H14N2O4S2. The van der Waals surface area contributed by atoms with Crippen LogP contribution in [0.4, 0.5) is 0 Å². The summed E-state index contributed by atoms with van der Waals surface area (Å²) >= 11 is 3.00. The molecule has 0 aliphatic heterocycles. The Morgan fingerprint density at radius 3 is 2.76 bits per heavy atom. The molecule has 21 heavy (non-hydrogen) atoms. The summed E-state index contributed by atoms with van der Waals surface area (Å²) in [5, 5.41) is 27.0. The average Bonchev–Trinajstić information content (AvgIpc) is 3.05. The molecule has 0 bridgehead atoms. The normalized spacial score (nSPS) is 13.6. The lowest BCUT2D eigenvalue weighted by Crippen LogP contribution is -2.48. The van der Waals surface area contributed by atoms with Crippen molar-refractivity contribution in [3.8, 4) is 10.6 Å². The molecule has 2 rings (SSSR count). The second-order valence-corrected chi connectivity index (χ2v) is 6.09. The van der Waals surface area contributed by atoms with Gasteiger partial charge in [-0.05, 0) is 18.4 Å². The molecule has 2 heterocycles. The van der Waals surface area contributed by atoms with Crippen molar-refractivity contribution in [3.63, 3.8) is 0 Å². The average molecular weight is 326 g/mol. The lowest BCUT2D eigenvalue weighted by molar-refractivity contribution is -0.144. The van der Waals surface area contributed by atoms with E-state index in [0.29, 0.717) is 5.69 Å². The minimum absolute atomic E-state index is 0.0167. The van der Waals surface area contributed by atoms with E-state index >= 15 is 0 Å². The molecule has 112 valence electrons. The Labute approximate surface area is 129 Å². The van der Waals surface area contributed by atoms with Crippen LogP contribution in [-0.4, -0.2) is 39.2 Å². The number of rotatable bonds is 6. The first-order valence-corrected chi connectivity index (χ1v) is 7.97. The first-order chi connectivity index (χ1) is 9.97. The molecule has 2 aromatic rings. The van der Waals surface area contributed by atoms with E-state index < -0.39 is 24.0 Å². The van der Waals surface area contributed by atoms with Crippen molar-refractivity contribution in [2.24, 2.45) is 0 Å². The van der Waals surface area contributed by atoms with E-state index in [1.54, 1.807) is 16.7 Å². The van der Waals surface area contributed by atoms with E-state index in [1.807, 2.05) is 16.8 Å². The number of aliphatic hydroxyl groups is 1. The van der Waals surface area contributed by atoms with Gasteiger partial charge in [0.15, 0.2) is 6.04 Å². The molecule has 0 aliphatic rings. The Kier molecular flexibility index (Phi) is 5.05. The number of aliphatic hydroxyl groups excluding tert-OH is 1. The summed E-state index contributed by atoms with van der Waals surface area (Å²) in [7, 11) is 0. The number of carboxylic acid groups (broad SMARTS) is 1. The summed E-state index contributed by atoms with van der Waals surface area (Å²) < 4.78 is 0. The van der Waals surface area contributed by atoms with E-state index in [-0.39, 0.29) is 6.42 Å². The SMILES string of the molecule is C[C@@H](O)[C@H](NC(=O)Cc1csc(-c2ccsc2)n1)C(=O)O. The maximum absolute atomic E-state index is 11.8. The lowest BCUT2D eigenvalue weighted by Gasteiger charge is -2.16. The second-order valence-electron chi connectivity index (χ2n) is 4.46. The van der Waals surface area contributed by atoms with Crippen LogP contribution >= 0.6 is 22.7 Å². The molecule has 0 saturated carbocycles. The number of carbonyl (C=O) groups excluding carboxylic acids is 1. The molecule has 2 aromatic heterocycles. The van der Waals surface area contributed by atoms with Gasteiger partial charge in [-0.2, -0.15) is 11.3 Å². The van der Waals surface area contributed by atoms with Gasteiger partial charge in [0.25, 0.3) is 0 Å². The zero-order chi connectivity index (χ0) is 15.4. The molecule has 0 saturated heterocycles. The van der Waals surface area contributed by atoms with Gasteiger partial charge in [-0.3, -0.25) is 4.79 Å². The molecule has 0 unspecified atom stereocenters. The fourth-order valence-electron chi connectivity index (χ4n) is 1.68. The molecular weight excluding hydrogens is 312 g/mol. The number of hydrogen-bond acceptors (Lipinski definition) is 6. The molecule has 2 atom stereocenters. The van der Waals surface area contributed by atoms with Crippen molar-refractivity contribution < 1.29 is 19.8 Å². The summed E-state index contributed by atoms with van der Waals surface area (Å²) in [6.07, 6.45) is -1.18. The van der Waals surface area contributed by atoms with Crippen molar-refractivity contribution in [1.29, 1.82) is 0 Å². The first-order valence-electron chi connectivity index (χ1n) is 6.14. The summed E-state index contributed by atoms with van der Waals surface area (Å²) in [5.41, 5.74) is 1.58. The van der Waals surface area contributed by atoms with Crippen molar-refractivity contribution in [2.75, 3.05) is 0 Å². The van der Waals surface area contributed by atoms with E-state index in [0.717, 1.165) is 10.6 Å². The topological polar surface area (TPSA) is 99.5 Å². The third-order valence-corrected chi connectivity index (χ3v) is 4.35. The van der Waals surface area contributed by atoms with Gasteiger partial charge in [0.05, 0.1) is 18.2 Å². The van der Waals surface area contributed by atoms with Gasteiger partial charge in [0.2, 0.25) is 5.91 Å². The zero-order valence-electron chi connectivity index (χ0n) is 11.1. The number of aromatic nitrogens is 1. The van der Waals surface area contributed by atoms with Crippen molar-refractivity contribution in [2.45, 2.75) is 25.5 Å². The second kappa shape index (κ2) is 6.79. The van der Waals surface area contributed by atoms with Crippen LogP contribution in [0.25, 0.3) is 10.6 Å². The van der Waals surface area contributed by atoms with E-state index in [4.69, 9.17) is 5.11 Å². The molecule has 8 heteroatoms. The quantitative estimate of drug-likeness (QED) is 0.744. The fourth-order valence-corrected chi connectivity index (χ4v) is 3.22. The van der Waals surface area contributed by atoms with Crippen LogP contribution < -0.4 is 5.32 Å². The van der Waals surface area contributed by atoms with E-state index in [9.17, 15) is 14.7 Å². The Balaban J connectivity index is 1.98. The lowest BCUT2D eigenvalue weighted by atomic mass is 10.2. The largest absolute Gasteiger partial charge is 0.480 e. The molecule has 3 N–H and O–H groups in total. The standard InChI is InChI=1S/C13H14N2O4S2/c1-7(16)11(13(18)19)15-10(17)4-9-6-21-12(14-9)8-2-3-20-5-8/h2-3,5-7,11,16H,4H2,1H3,(H,15,17)(H,18,19)/t7-,11+/m1/s1. The Bertz CT molecular complexity index is 622. The van der Waals surface area contributed by atoms with E-state index in [1.165, 1.54) is 18.3 Å².